The fourth-order valence-corrected chi connectivity index (χ4v) is 3.91. The summed E-state index contributed by atoms with van der Waals surface area (Å²) in [7, 11) is 1.65. The van der Waals surface area contributed by atoms with E-state index in [1.165, 1.54) is 10.6 Å². The molecule has 1 N–H and O–H groups in total. The number of benzene rings is 1. The summed E-state index contributed by atoms with van der Waals surface area (Å²) in [6, 6.07) is 2.32. The molecule has 0 bridgehead atoms. The van der Waals surface area contributed by atoms with E-state index >= 15 is 0 Å². The lowest BCUT2D eigenvalue weighted by Crippen LogP contribution is -2.26. The molecule has 128 valence electrons. The second-order valence-corrected chi connectivity index (χ2v) is 7.13. The maximum absolute atomic E-state index is 14.8. The van der Waals surface area contributed by atoms with E-state index in [2.05, 4.69) is 4.98 Å². The van der Waals surface area contributed by atoms with E-state index in [4.69, 9.17) is 0 Å². The zero-order valence-corrected chi connectivity index (χ0v) is 13.8. The Kier molecular flexibility index (Phi) is 2.90. The lowest BCUT2D eigenvalue weighted by molar-refractivity contribution is 0.576. The minimum atomic E-state index is -0.608. The Hall–Kier alpha value is -2.63. The molecule has 0 spiro atoms. The number of aromatic amines is 1. The summed E-state index contributed by atoms with van der Waals surface area (Å²) < 4.78 is 30.2. The van der Waals surface area contributed by atoms with E-state index in [0.717, 1.165) is 36.4 Å². The van der Waals surface area contributed by atoms with Gasteiger partial charge in [-0.2, -0.15) is 0 Å². The van der Waals surface area contributed by atoms with Crippen molar-refractivity contribution in [3.8, 4) is 11.1 Å². The van der Waals surface area contributed by atoms with E-state index in [0.29, 0.717) is 34.8 Å². The average Bonchev–Trinajstić information content (AvgIpc) is 3.29. The van der Waals surface area contributed by atoms with E-state index in [1.807, 2.05) is 11.1 Å². The van der Waals surface area contributed by atoms with Gasteiger partial charge in [-0.05, 0) is 30.4 Å². The molecule has 1 aliphatic carbocycles. The van der Waals surface area contributed by atoms with Crippen LogP contribution in [0.2, 0.25) is 0 Å². The number of fused-ring (bicyclic) bond motifs is 2. The second kappa shape index (κ2) is 4.94. The second-order valence-electron chi connectivity index (χ2n) is 7.13. The highest BCUT2D eigenvalue weighted by Gasteiger charge is 2.31. The number of hydrogen-bond donors (Lipinski definition) is 1. The van der Waals surface area contributed by atoms with Crippen LogP contribution in [0.15, 0.2) is 29.3 Å². The van der Waals surface area contributed by atoms with Crippen molar-refractivity contribution in [2.45, 2.75) is 19.4 Å². The Bertz CT molecular complexity index is 1080. The quantitative estimate of drug-likeness (QED) is 0.775. The van der Waals surface area contributed by atoms with Crippen LogP contribution in [0.4, 0.5) is 14.5 Å². The van der Waals surface area contributed by atoms with Gasteiger partial charge in [0.25, 0.3) is 5.56 Å². The van der Waals surface area contributed by atoms with Crippen molar-refractivity contribution >= 4 is 16.6 Å². The Labute approximate surface area is 142 Å². The van der Waals surface area contributed by atoms with Gasteiger partial charge in [-0.1, -0.05) is 0 Å². The third kappa shape index (κ3) is 2.13. The van der Waals surface area contributed by atoms with Gasteiger partial charge in [0, 0.05) is 55.1 Å². The van der Waals surface area contributed by atoms with Crippen molar-refractivity contribution in [1.82, 2.24) is 9.55 Å². The fourth-order valence-electron chi connectivity index (χ4n) is 3.91. The number of halogens is 2. The number of anilines is 1. The van der Waals surface area contributed by atoms with E-state index in [-0.39, 0.29) is 5.56 Å². The molecule has 5 rings (SSSR count). The fraction of sp³-hybridized carbons (Fsp3) is 0.316. The molecule has 4 nitrogen and oxygen atoms in total. The van der Waals surface area contributed by atoms with Crippen molar-refractivity contribution < 1.29 is 8.78 Å². The number of rotatable bonds is 2. The first-order chi connectivity index (χ1) is 12.0. The zero-order valence-electron chi connectivity index (χ0n) is 13.8. The van der Waals surface area contributed by atoms with Gasteiger partial charge in [-0.15, -0.1) is 0 Å². The minimum Gasteiger partial charge on any atom is -0.364 e. The molecule has 0 saturated heterocycles. The van der Waals surface area contributed by atoms with Crippen LogP contribution in [-0.4, -0.2) is 16.1 Å². The van der Waals surface area contributed by atoms with Crippen LogP contribution >= 0.6 is 0 Å². The van der Waals surface area contributed by atoms with Gasteiger partial charge >= 0.3 is 0 Å². The summed E-state index contributed by atoms with van der Waals surface area (Å²) >= 11 is 0. The van der Waals surface area contributed by atoms with Crippen molar-refractivity contribution in [1.29, 1.82) is 0 Å². The van der Waals surface area contributed by atoms with Gasteiger partial charge < -0.3 is 14.5 Å². The number of pyridine rings is 1. The van der Waals surface area contributed by atoms with E-state index < -0.39 is 11.6 Å². The third-order valence-corrected chi connectivity index (χ3v) is 5.26. The van der Waals surface area contributed by atoms with Gasteiger partial charge in [0.1, 0.15) is 17.2 Å². The molecule has 3 aromatic rings. The monoisotopic (exact) mass is 341 g/mol. The molecule has 1 aliphatic heterocycles. The minimum absolute atomic E-state index is 0.140. The lowest BCUT2D eigenvalue weighted by Gasteiger charge is -2.26. The lowest BCUT2D eigenvalue weighted by atomic mass is 10.0. The molecule has 0 radical (unpaired) electrons. The normalized spacial score (nSPS) is 16.2. The molecule has 6 heteroatoms. The highest BCUT2D eigenvalue weighted by Crippen LogP contribution is 2.43. The Morgan fingerprint density at radius 2 is 2.04 bits per heavy atom. The summed E-state index contributed by atoms with van der Waals surface area (Å²) in [5, 5.41) is 0.771. The molecular weight excluding hydrogens is 324 g/mol. The first kappa shape index (κ1) is 14.7. The van der Waals surface area contributed by atoms with Gasteiger partial charge in [-0.25, -0.2) is 8.78 Å². The van der Waals surface area contributed by atoms with Crippen LogP contribution in [0.5, 0.6) is 0 Å². The number of aromatic nitrogens is 2. The summed E-state index contributed by atoms with van der Waals surface area (Å²) in [6.45, 7) is 1.25. The predicted molar refractivity (Wildman–Crippen MR) is 92.7 cm³/mol. The van der Waals surface area contributed by atoms with Gasteiger partial charge in [-0.3, -0.25) is 4.79 Å². The molecule has 25 heavy (non-hydrogen) atoms. The molecule has 0 unspecified atom stereocenters. The van der Waals surface area contributed by atoms with Crippen LogP contribution in [0.1, 0.15) is 18.4 Å². The Balaban J connectivity index is 1.87. The zero-order chi connectivity index (χ0) is 17.3. The number of nitrogens with one attached hydrogen (secondary N) is 1. The van der Waals surface area contributed by atoms with Crippen molar-refractivity contribution in [2.24, 2.45) is 13.0 Å². The highest BCUT2D eigenvalue weighted by molar-refractivity contribution is 6.01. The smallest absolute Gasteiger partial charge is 0.274 e. The maximum Gasteiger partial charge on any atom is 0.274 e. The predicted octanol–water partition coefficient (Wildman–Crippen LogP) is 3.54. The SMILES string of the molecule is Cn1cc2c3c(c[nH]c3c1=O)CN(CC1CC1)c1c(F)cc(F)cc1-2. The molecule has 1 saturated carbocycles. The molecule has 2 aliphatic rings. The molecule has 2 aromatic heterocycles. The van der Waals surface area contributed by atoms with Crippen LogP contribution in [0.3, 0.4) is 0 Å². The van der Waals surface area contributed by atoms with E-state index in [1.54, 1.807) is 13.2 Å². The largest absolute Gasteiger partial charge is 0.364 e. The van der Waals surface area contributed by atoms with Crippen LogP contribution < -0.4 is 10.5 Å². The Morgan fingerprint density at radius 1 is 1.24 bits per heavy atom. The average molecular weight is 341 g/mol. The van der Waals surface area contributed by atoms with E-state index in [9.17, 15) is 13.6 Å². The molecule has 1 fully saturated rings. The Morgan fingerprint density at radius 3 is 2.80 bits per heavy atom. The van der Waals surface area contributed by atoms with Gasteiger partial charge in [0.15, 0.2) is 0 Å². The van der Waals surface area contributed by atoms with Gasteiger partial charge in [0.2, 0.25) is 0 Å². The summed E-state index contributed by atoms with van der Waals surface area (Å²) in [5.74, 6) is -0.602. The van der Waals surface area contributed by atoms with Crippen molar-refractivity contribution in [3.63, 3.8) is 0 Å². The maximum atomic E-state index is 14.8. The summed E-state index contributed by atoms with van der Waals surface area (Å²) in [6.07, 6.45) is 5.78. The van der Waals surface area contributed by atoms with Crippen LogP contribution in [0.25, 0.3) is 22.0 Å². The number of H-pyrrole nitrogens is 1. The first-order valence-corrected chi connectivity index (χ1v) is 8.47. The molecule has 0 amide bonds. The molecular formula is C19H17F2N3O. The summed E-state index contributed by atoms with van der Waals surface area (Å²) in [4.78, 5) is 17.5. The third-order valence-electron chi connectivity index (χ3n) is 5.26. The number of hydrogen-bond acceptors (Lipinski definition) is 2. The van der Waals surface area contributed by atoms with Crippen LogP contribution in [0, 0.1) is 17.6 Å². The number of nitrogens with zero attached hydrogens (tertiary/aromatic N) is 2. The molecule has 3 heterocycles. The van der Waals surface area contributed by atoms with Crippen molar-refractivity contribution in [2.75, 3.05) is 11.4 Å². The number of aryl methyl sites for hydroxylation is 1. The first-order valence-electron chi connectivity index (χ1n) is 8.47. The van der Waals surface area contributed by atoms with Crippen LogP contribution in [-0.2, 0) is 13.6 Å². The molecule has 0 atom stereocenters. The van der Waals surface area contributed by atoms with Gasteiger partial charge in [0.05, 0.1) is 5.69 Å². The summed E-state index contributed by atoms with van der Waals surface area (Å²) in [5.41, 5.74) is 2.93. The topological polar surface area (TPSA) is 41.0 Å². The standard InChI is InChI=1S/C19H17F2N3O/c1-23-9-14-13-4-12(20)5-15(21)18(13)24(7-10-2-3-10)8-11-6-22-17(16(11)14)19(23)25/h4-6,9-10,22H,2-3,7-8H2,1H3. The van der Waals surface area contributed by atoms with Crippen molar-refractivity contribution in [3.05, 3.63) is 52.1 Å². The highest BCUT2D eigenvalue weighted by atomic mass is 19.1. The molecule has 1 aromatic carbocycles.